The van der Waals surface area contributed by atoms with Crippen molar-refractivity contribution in [1.29, 1.82) is 0 Å². The highest BCUT2D eigenvalue weighted by molar-refractivity contribution is 6.35. The number of hydrogen-bond acceptors (Lipinski definition) is 4. The smallest absolute Gasteiger partial charge is 0.252 e. The average Bonchev–Trinajstić information content (AvgIpc) is 2.38. The zero-order valence-electron chi connectivity index (χ0n) is 10.4. The number of aryl methyl sites for hydroxylation is 1. The third-order valence-corrected chi connectivity index (χ3v) is 3.20. The first-order valence-electron chi connectivity index (χ1n) is 5.52. The summed E-state index contributed by atoms with van der Waals surface area (Å²) in [6, 6.07) is 2.95. The fourth-order valence-corrected chi connectivity index (χ4v) is 2.05. The number of hydrogen-bond donors (Lipinski definition) is 0. The lowest BCUT2D eigenvalue weighted by Crippen LogP contribution is -2.16. The molecule has 0 N–H and O–H groups in total. The number of fused-ring (bicyclic) bond motifs is 1. The number of pyridine rings is 2. The van der Waals surface area contributed by atoms with Gasteiger partial charge in [0.1, 0.15) is 12.1 Å². The molecule has 0 saturated heterocycles. The average molecular weight is 303 g/mol. The molecule has 0 fully saturated rings. The topological polar surface area (TPSA) is 53.4 Å². The van der Waals surface area contributed by atoms with Crippen molar-refractivity contribution in [2.45, 2.75) is 0 Å². The van der Waals surface area contributed by atoms with Crippen LogP contribution in [0, 0.1) is 0 Å². The minimum absolute atomic E-state index is 0.198. The summed E-state index contributed by atoms with van der Waals surface area (Å²) in [5, 5.41) is 0.465. The zero-order valence-corrected chi connectivity index (χ0v) is 12.0. The fourth-order valence-electron chi connectivity index (χ4n) is 1.62. The van der Waals surface area contributed by atoms with Crippen LogP contribution in [-0.4, -0.2) is 29.9 Å². The van der Waals surface area contributed by atoms with Crippen LogP contribution in [0.4, 0.5) is 0 Å². The van der Waals surface area contributed by atoms with E-state index < -0.39 is 0 Å². The Morgan fingerprint density at radius 3 is 2.74 bits per heavy atom. The van der Waals surface area contributed by atoms with Gasteiger partial charge in [0.2, 0.25) is 0 Å². The van der Waals surface area contributed by atoms with Crippen LogP contribution in [0.1, 0.15) is 0 Å². The Morgan fingerprint density at radius 1 is 1.32 bits per heavy atom. The van der Waals surface area contributed by atoms with Crippen molar-refractivity contribution in [3.8, 4) is 5.75 Å². The molecule has 0 unspecified atom stereocenters. The van der Waals surface area contributed by atoms with Gasteiger partial charge in [-0.25, -0.2) is 4.98 Å². The summed E-state index contributed by atoms with van der Waals surface area (Å²) in [7, 11) is 3.21. The van der Waals surface area contributed by atoms with Crippen LogP contribution in [0.5, 0.6) is 5.75 Å². The summed E-state index contributed by atoms with van der Waals surface area (Å²) in [6.45, 7) is 0.779. The molecule has 0 spiro atoms. The normalized spacial score (nSPS) is 10.9. The molecule has 2 aromatic rings. The second kappa shape index (κ2) is 5.77. The van der Waals surface area contributed by atoms with Crippen molar-refractivity contribution in [3.63, 3.8) is 0 Å². The molecular weight excluding hydrogens is 291 g/mol. The highest BCUT2D eigenvalue weighted by atomic mass is 35.5. The van der Waals surface area contributed by atoms with Crippen LogP contribution < -0.4 is 10.3 Å². The second-order valence-electron chi connectivity index (χ2n) is 3.88. The highest BCUT2D eigenvalue weighted by Crippen LogP contribution is 2.29. The van der Waals surface area contributed by atoms with E-state index in [9.17, 15) is 4.79 Å². The quantitative estimate of drug-likeness (QED) is 0.642. The number of rotatable bonds is 4. The lowest BCUT2D eigenvalue weighted by atomic mass is 10.3. The van der Waals surface area contributed by atoms with Crippen molar-refractivity contribution in [2.24, 2.45) is 7.05 Å². The predicted molar refractivity (Wildman–Crippen MR) is 74.4 cm³/mol. The van der Waals surface area contributed by atoms with E-state index in [1.54, 1.807) is 20.2 Å². The van der Waals surface area contributed by atoms with Gasteiger partial charge in [-0.1, -0.05) is 23.2 Å². The molecule has 2 rings (SSSR count). The first-order chi connectivity index (χ1) is 9.04. The molecule has 0 saturated carbocycles. The van der Waals surface area contributed by atoms with E-state index >= 15 is 0 Å². The van der Waals surface area contributed by atoms with Gasteiger partial charge < -0.3 is 14.0 Å². The number of aromatic nitrogens is 2. The molecule has 102 valence electrons. The standard InChI is InChI=1S/C12H12Cl2N2O3/c1-16-8-6-9(19-4-3-18-2)12(14)15-11(8)7(13)5-10(16)17/h5-6H,3-4H2,1-2H3. The number of methoxy groups -OCH3 is 1. The molecule has 0 radical (unpaired) electrons. The molecular formula is C12H12Cl2N2O3. The van der Waals surface area contributed by atoms with Crippen molar-refractivity contribution >= 4 is 34.2 Å². The molecule has 0 aliphatic rings. The van der Waals surface area contributed by atoms with Gasteiger partial charge in [-0.05, 0) is 0 Å². The summed E-state index contributed by atoms with van der Waals surface area (Å²) in [5.41, 5.74) is 0.812. The first kappa shape index (κ1) is 14.1. The van der Waals surface area contributed by atoms with E-state index in [0.29, 0.717) is 30.0 Å². The number of halogens is 2. The van der Waals surface area contributed by atoms with Gasteiger partial charge in [0.15, 0.2) is 10.9 Å². The maximum Gasteiger partial charge on any atom is 0.252 e. The Hall–Kier alpha value is -1.30. The minimum atomic E-state index is -0.218. The molecule has 7 heteroatoms. The Morgan fingerprint density at radius 2 is 2.05 bits per heavy atom. The minimum Gasteiger partial charge on any atom is -0.488 e. The molecule has 2 heterocycles. The van der Waals surface area contributed by atoms with Crippen LogP contribution in [0.25, 0.3) is 11.0 Å². The zero-order chi connectivity index (χ0) is 14.0. The van der Waals surface area contributed by atoms with Crippen LogP contribution in [-0.2, 0) is 11.8 Å². The molecule has 0 atom stereocenters. The monoisotopic (exact) mass is 302 g/mol. The van der Waals surface area contributed by atoms with Crippen LogP contribution >= 0.6 is 23.2 Å². The number of ether oxygens (including phenoxy) is 2. The van der Waals surface area contributed by atoms with E-state index in [4.69, 9.17) is 32.7 Å². The maximum atomic E-state index is 11.7. The highest BCUT2D eigenvalue weighted by Gasteiger charge is 2.12. The van der Waals surface area contributed by atoms with E-state index in [1.807, 2.05) is 0 Å². The van der Waals surface area contributed by atoms with Crippen molar-refractivity contribution < 1.29 is 9.47 Å². The van der Waals surface area contributed by atoms with Gasteiger partial charge in [-0.3, -0.25) is 4.79 Å². The van der Waals surface area contributed by atoms with E-state index in [2.05, 4.69) is 4.98 Å². The van der Waals surface area contributed by atoms with E-state index in [0.717, 1.165) is 0 Å². The SMILES string of the molecule is COCCOc1cc2c(nc1Cl)c(Cl)cc(=O)n2C. The van der Waals surface area contributed by atoms with Gasteiger partial charge in [0, 0.05) is 26.3 Å². The van der Waals surface area contributed by atoms with Gasteiger partial charge in [-0.2, -0.15) is 0 Å². The van der Waals surface area contributed by atoms with Crippen molar-refractivity contribution in [2.75, 3.05) is 20.3 Å². The van der Waals surface area contributed by atoms with E-state index in [-0.39, 0.29) is 15.7 Å². The summed E-state index contributed by atoms with van der Waals surface area (Å²) >= 11 is 12.0. The van der Waals surface area contributed by atoms with Crippen molar-refractivity contribution in [1.82, 2.24) is 9.55 Å². The lowest BCUT2D eigenvalue weighted by Gasteiger charge is -2.11. The Labute approximate surface area is 119 Å². The molecule has 0 aliphatic carbocycles. The first-order valence-corrected chi connectivity index (χ1v) is 6.27. The van der Waals surface area contributed by atoms with Crippen LogP contribution in [0.3, 0.4) is 0 Å². The summed E-state index contributed by atoms with van der Waals surface area (Å²) in [6.07, 6.45) is 0. The largest absolute Gasteiger partial charge is 0.488 e. The third kappa shape index (κ3) is 2.83. The summed E-state index contributed by atoms with van der Waals surface area (Å²) in [5.74, 6) is 0.392. The molecule has 0 aromatic carbocycles. The van der Waals surface area contributed by atoms with Crippen LogP contribution in [0.15, 0.2) is 16.9 Å². The van der Waals surface area contributed by atoms with Gasteiger partial charge in [0.05, 0.1) is 17.1 Å². The summed E-state index contributed by atoms with van der Waals surface area (Å²) < 4.78 is 11.8. The molecule has 5 nitrogen and oxygen atoms in total. The Balaban J connectivity index is 2.54. The number of nitrogens with zero attached hydrogens (tertiary/aromatic N) is 2. The van der Waals surface area contributed by atoms with Crippen LogP contribution in [0.2, 0.25) is 10.2 Å². The Bertz CT molecular complexity index is 670. The molecule has 2 aromatic heterocycles. The summed E-state index contributed by atoms with van der Waals surface area (Å²) in [4.78, 5) is 15.8. The third-order valence-electron chi connectivity index (χ3n) is 2.64. The van der Waals surface area contributed by atoms with E-state index in [1.165, 1.54) is 10.6 Å². The molecule has 0 aliphatic heterocycles. The lowest BCUT2D eigenvalue weighted by molar-refractivity contribution is 0.146. The van der Waals surface area contributed by atoms with Crippen molar-refractivity contribution in [3.05, 3.63) is 32.7 Å². The van der Waals surface area contributed by atoms with Gasteiger partial charge in [0.25, 0.3) is 5.56 Å². The molecule has 0 bridgehead atoms. The second-order valence-corrected chi connectivity index (χ2v) is 4.64. The van der Waals surface area contributed by atoms with Gasteiger partial charge >= 0.3 is 0 Å². The van der Waals surface area contributed by atoms with Gasteiger partial charge in [-0.15, -0.1) is 0 Å². The predicted octanol–water partition coefficient (Wildman–Crippen LogP) is 2.27. The molecule has 0 amide bonds. The molecule has 19 heavy (non-hydrogen) atoms. The Kier molecular flexibility index (Phi) is 4.29. The fraction of sp³-hybridized carbons (Fsp3) is 0.333. The maximum absolute atomic E-state index is 11.7.